The Labute approximate surface area is 211 Å². The fourth-order valence-electron chi connectivity index (χ4n) is 4.87. The lowest BCUT2D eigenvalue weighted by Gasteiger charge is -2.51. The minimum absolute atomic E-state index is 0.0694. The van der Waals surface area contributed by atoms with E-state index in [0.717, 1.165) is 17.8 Å². The van der Waals surface area contributed by atoms with Crippen molar-refractivity contribution in [2.75, 3.05) is 39.9 Å². The van der Waals surface area contributed by atoms with Crippen LogP contribution in [0.3, 0.4) is 0 Å². The van der Waals surface area contributed by atoms with Crippen LogP contribution in [0.1, 0.15) is 39.0 Å². The molecule has 2 heterocycles. The van der Waals surface area contributed by atoms with Crippen LogP contribution in [0.5, 0.6) is 5.75 Å². The first-order valence-electron chi connectivity index (χ1n) is 12.2. The van der Waals surface area contributed by atoms with E-state index in [0.29, 0.717) is 49.3 Å². The summed E-state index contributed by atoms with van der Waals surface area (Å²) in [5.74, 6) is 0.496. The van der Waals surface area contributed by atoms with Crippen LogP contribution in [0.2, 0.25) is 0 Å². The minimum Gasteiger partial charge on any atom is -0.434 e. The number of aliphatic hydroxyl groups is 1. The quantitative estimate of drug-likeness (QED) is 0.448. The maximum atomic E-state index is 12.9. The zero-order valence-corrected chi connectivity index (χ0v) is 22.2. The molecular weight excluding hydrogens is 472 g/mol. The Bertz CT molecular complexity index is 937. The van der Waals surface area contributed by atoms with Crippen molar-refractivity contribution < 1.29 is 23.4 Å². The van der Waals surface area contributed by atoms with Crippen molar-refractivity contribution in [1.29, 1.82) is 0 Å². The van der Waals surface area contributed by atoms with Gasteiger partial charge in [-0.1, -0.05) is 32.9 Å². The number of halogens is 2. The molecule has 1 aromatic heterocycles. The fraction of sp³-hybridized carbons (Fsp3) is 0.654. The largest absolute Gasteiger partial charge is 0.434 e. The van der Waals surface area contributed by atoms with Gasteiger partial charge < -0.3 is 19.9 Å². The fourth-order valence-corrected chi connectivity index (χ4v) is 5.85. The zero-order valence-electron chi connectivity index (χ0n) is 21.4. The Morgan fingerprint density at radius 2 is 2.06 bits per heavy atom. The Balaban J connectivity index is 1.86. The van der Waals surface area contributed by atoms with Gasteiger partial charge in [0.25, 0.3) is 0 Å². The third-order valence-electron chi connectivity index (χ3n) is 6.86. The topological polar surface area (TPSA) is 66.9 Å². The van der Waals surface area contributed by atoms with Gasteiger partial charge in [0.15, 0.2) is 0 Å². The summed E-state index contributed by atoms with van der Waals surface area (Å²) in [7, 11) is 1.86. The summed E-state index contributed by atoms with van der Waals surface area (Å²) in [5, 5.41) is 15.0. The number of nitrogens with one attached hydrogen (secondary N) is 1. The first-order valence-corrected chi connectivity index (χ1v) is 13.0. The lowest BCUT2D eigenvalue weighted by atomic mass is 9.65. The van der Waals surface area contributed by atoms with Crippen LogP contribution in [0.25, 0.3) is 10.6 Å². The average molecular weight is 512 g/mol. The standard InChI is InChI=1S/C26H39F2N3O3S/c1-6-33-17-26(22(32)13-29-5)11-18(25(2,3)4)14-31(16-26)15-19-12-30-23(35-19)20-9-7-8-10-21(20)34-24(27)28/h7-10,12,18,22,24,29,32H,6,11,13-17H2,1-5H3/t18-,22?,26-/m1/s1. The van der Waals surface area contributed by atoms with Crippen molar-refractivity contribution in [2.45, 2.75) is 53.4 Å². The molecule has 0 saturated carbocycles. The first-order chi connectivity index (χ1) is 16.6. The molecule has 6 nitrogen and oxygen atoms in total. The normalized spacial score (nSPS) is 22.5. The number of likely N-dealkylation sites (N-methyl/N-ethyl adjacent to an activating group) is 1. The van der Waals surface area contributed by atoms with Gasteiger partial charge in [-0.25, -0.2) is 4.98 Å². The average Bonchev–Trinajstić information content (AvgIpc) is 3.25. The Kier molecular flexibility index (Phi) is 9.62. The number of piperidine rings is 1. The van der Waals surface area contributed by atoms with E-state index in [1.165, 1.54) is 17.4 Å². The molecule has 0 amide bonds. The van der Waals surface area contributed by atoms with Gasteiger partial charge in [0.1, 0.15) is 10.8 Å². The number of nitrogens with zero attached hydrogens (tertiary/aromatic N) is 2. The second-order valence-corrected chi connectivity index (χ2v) is 11.6. The summed E-state index contributed by atoms with van der Waals surface area (Å²) in [6, 6.07) is 6.74. The van der Waals surface area contributed by atoms with E-state index >= 15 is 0 Å². The van der Waals surface area contributed by atoms with Crippen molar-refractivity contribution in [2.24, 2.45) is 16.7 Å². The summed E-state index contributed by atoms with van der Waals surface area (Å²) in [5.41, 5.74) is 0.241. The van der Waals surface area contributed by atoms with Gasteiger partial charge in [-0.2, -0.15) is 8.78 Å². The van der Waals surface area contributed by atoms with Gasteiger partial charge in [0, 0.05) is 49.3 Å². The second-order valence-electron chi connectivity index (χ2n) is 10.5. The van der Waals surface area contributed by atoms with E-state index in [4.69, 9.17) is 9.47 Å². The van der Waals surface area contributed by atoms with Crippen LogP contribution in [0.4, 0.5) is 8.78 Å². The van der Waals surface area contributed by atoms with Crippen LogP contribution in [0.15, 0.2) is 30.5 Å². The lowest BCUT2D eigenvalue weighted by Crippen LogP contribution is -2.58. The van der Waals surface area contributed by atoms with Gasteiger partial charge >= 0.3 is 6.61 Å². The molecular formula is C26H39F2N3O3S. The SMILES string of the molecule is CCOC[C@@]1(C(O)CNC)C[C@@H](C(C)(C)C)CN(Cc2cnc(-c3ccccc3OC(F)F)s2)C1. The molecule has 1 saturated heterocycles. The van der Waals surface area contributed by atoms with Crippen molar-refractivity contribution in [3.63, 3.8) is 0 Å². The molecule has 0 aliphatic carbocycles. The summed E-state index contributed by atoms with van der Waals surface area (Å²) in [4.78, 5) is 7.94. The van der Waals surface area contributed by atoms with E-state index in [-0.39, 0.29) is 16.6 Å². The highest BCUT2D eigenvalue weighted by Crippen LogP contribution is 2.44. The van der Waals surface area contributed by atoms with Crippen molar-refractivity contribution >= 4 is 11.3 Å². The predicted octanol–water partition coefficient (Wildman–Crippen LogP) is 4.88. The molecule has 1 aliphatic heterocycles. The van der Waals surface area contributed by atoms with Crippen LogP contribution < -0.4 is 10.1 Å². The minimum atomic E-state index is -2.89. The smallest absolute Gasteiger partial charge is 0.387 e. The van der Waals surface area contributed by atoms with Crippen LogP contribution in [-0.4, -0.2) is 67.6 Å². The highest BCUT2D eigenvalue weighted by molar-refractivity contribution is 7.15. The molecule has 0 bridgehead atoms. The van der Waals surface area contributed by atoms with E-state index < -0.39 is 12.7 Å². The highest BCUT2D eigenvalue weighted by atomic mass is 32.1. The third-order valence-corrected chi connectivity index (χ3v) is 7.87. The summed E-state index contributed by atoms with van der Waals surface area (Å²) >= 11 is 1.48. The van der Waals surface area contributed by atoms with Crippen LogP contribution in [0, 0.1) is 16.7 Å². The van der Waals surface area contributed by atoms with Crippen molar-refractivity contribution in [3.8, 4) is 16.3 Å². The van der Waals surface area contributed by atoms with Crippen molar-refractivity contribution in [3.05, 3.63) is 35.3 Å². The number of benzene rings is 1. The molecule has 0 spiro atoms. The molecule has 1 aromatic carbocycles. The number of aliphatic hydroxyl groups excluding tert-OH is 1. The molecule has 2 aromatic rings. The second kappa shape index (κ2) is 12.1. The van der Waals surface area contributed by atoms with Gasteiger partial charge in [-0.15, -0.1) is 11.3 Å². The zero-order chi connectivity index (χ0) is 25.6. The Morgan fingerprint density at radius 1 is 1.31 bits per heavy atom. The number of ether oxygens (including phenoxy) is 2. The number of hydrogen-bond acceptors (Lipinski definition) is 7. The van der Waals surface area contributed by atoms with E-state index in [1.54, 1.807) is 18.2 Å². The lowest BCUT2D eigenvalue weighted by molar-refractivity contribution is -0.110. The van der Waals surface area contributed by atoms with Crippen molar-refractivity contribution in [1.82, 2.24) is 15.2 Å². The number of rotatable bonds is 11. The molecule has 2 N–H and O–H groups in total. The van der Waals surface area contributed by atoms with Gasteiger partial charge in [0.2, 0.25) is 0 Å². The number of aromatic nitrogens is 1. The first kappa shape index (κ1) is 27.9. The molecule has 9 heteroatoms. The highest BCUT2D eigenvalue weighted by Gasteiger charge is 2.47. The maximum absolute atomic E-state index is 12.9. The molecule has 3 atom stereocenters. The van der Waals surface area contributed by atoms with Crippen LogP contribution >= 0.6 is 11.3 Å². The monoisotopic (exact) mass is 511 g/mol. The van der Waals surface area contributed by atoms with E-state index in [1.807, 2.05) is 20.2 Å². The predicted molar refractivity (Wildman–Crippen MR) is 136 cm³/mol. The summed E-state index contributed by atoms with van der Waals surface area (Å²) < 4.78 is 36.3. The third kappa shape index (κ3) is 7.20. The molecule has 1 fully saturated rings. The summed E-state index contributed by atoms with van der Waals surface area (Å²) in [6.45, 7) is 9.74. The molecule has 0 radical (unpaired) electrons. The Hall–Kier alpha value is -1.65. The molecule has 1 unspecified atom stereocenters. The summed E-state index contributed by atoms with van der Waals surface area (Å²) in [6.07, 6.45) is 2.16. The number of likely N-dealkylation sites (tertiary alicyclic amines) is 1. The number of thiazole rings is 1. The molecule has 1 aliphatic rings. The molecule has 35 heavy (non-hydrogen) atoms. The number of para-hydroxylation sites is 1. The Morgan fingerprint density at radius 3 is 2.71 bits per heavy atom. The molecule has 196 valence electrons. The van der Waals surface area contributed by atoms with E-state index in [9.17, 15) is 13.9 Å². The van der Waals surface area contributed by atoms with Gasteiger partial charge in [-0.05, 0) is 43.9 Å². The van der Waals surface area contributed by atoms with Gasteiger partial charge in [0.05, 0.1) is 18.3 Å². The van der Waals surface area contributed by atoms with E-state index in [2.05, 4.69) is 36.0 Å². The number of hydrogen-bond donors (Lipinski definition) is 2. The van der Waals surface area contributed by atoms with Gasteiger partial charge in [-0.3, -0.25) is 4.90 Å². The molecule has 3 rings (SSSR count). The van der Waals surface area contributed by atoms with Crippen LogP contribution in [-0.2, 0) is 11.3 Å². The number of alkyl halides is 2. The maximum Gasteiger partial charge on any atom is 0.387 e.